The molecule has 2 rings (SSSR count). The maximum absolute atomic E-state index is 13.6. The number of anilines is 1. The molecule has 3 heteroatoms. The lowest BCUT2D eigenvalue weighted by Crippen LogP contribution is -2.22. The van der Waals surface area contributed by atoms with E-state index in [-0.39, 0.29) is 5.82 Å². The van der Waals surface area contributed by atoms with Gasteiger partial charge < -0.3 is 10.0 Å². The maximum Gasteiger partial charge on any atom is 0.131 e. The van der Waals surface area contributed by atoms with Crippen molar-refractivity contribution in [3.05, 3.63) is 29.6 Å². The van der Waals surface area contributed by atoms with Gasteiger partial charge >= 0.3 is 0 Å². The molecule has 1 aromatic carbocycles. The molecule has 0 heterocycles. The monoisotopic (exact) mass is 223 g/mol. The lowest BCUT2D eigenvalue weighted by atomic mass is 10.1. The van der Waals surface area contributed by atoms with Crippen LogP contribution in [-0.2, 0) is 0 Å². The molecule has 1 aliphatic rings. The zero-order chi connectivity index (χ0) is 11.7. The van der Waals surface area contributed by atoms with Crippen molar-refractivity contribution in [2.75, 3.05) is 18.5 Å². The second-order valence-electron chi connectivity index (χ2n) is 4.67. The predicted octanol–water partition coefficient (Wildman–Crippen LogP) is 2.73. The van der Waals surface area contributed by atoms with Crippen LogP contribution >= 0.6 is 0 Å². The van der Waals surface area contributed by atoms with Gasteiger partial charge in [0.1, 0.15) is 5.82 Å². The number of aliphatic hydroxyl groups is 1. The average molecular weight is 223 g/mol. The Hall–Kier alpha value is -1.09. The highest BCUT2D eigenvalue weighted by atomic mass is 19.1. The molecule has 0 amide bonds. The number of halogens is 1. The zero-order valence-corrected chi connectivity index (χ0v) is 9.78. The highest BCUT2D eigenvalue weighted by molar-refractivity contribution is 5.54. The summed E-state index contributed by atoms with van der Waals surface area (Å²) in [5, 5.41) is 9.62. The molecule has 1 fully saturated rings. The van der Waals surface area contributed by atoms with Crippen LogP contribution in [0.15, 0.2) is 18.2 Å². The molecule has 0 aliphatic heterocycles. The molecule has 0 aromatic heterocycles. The van der Waals surface area contributed by atoms with Crippen LogP contribution in [0.5, 0.6) is 0 Å². The van der Waals surface area contributed by atoms with Gasteiger partial charge in [0.25, 0.3) is 0 Å². The fraction of sp³-hybridized carbons (Fsp3) is 0.538. The highest BCUT2D eigenvalue weighted by Gasteiger charge is 2.25. The highest BCUT2D eigenvalue weighted by Crippen LogP contribution is 2.33. The van der Waals surface area contributed by atoms with Crippen molar-refractivity contribution in [3.63, 3.8) is 0 Å². The summed E-state index contributed by atoms with van der Waals surface area (Å²) >= 11 is 0. The largest absolute Gasteiger partial charge is 0.389 e. The Balaban J connectivity index is 2.26. The summed E-state index contributed by atoms with van der Waals surface area (Å²) in [7, 11) is 1.96. The van der Waals surface area contributed by atoms with Crippen molar-refractivity contribution in [1.29, 1.82) is 0 Å². The van der Waals surface area contributed by atoms with E-state index in [1.807, 2.05) is 18.0 Å². The Morgan fingerprint density at radius 3 is 2.75 bits per heavy atom. The first-order chi connectivity index (χ1) is 7.59. The van der Waals surface area contributed by atoms with Gasteiger partial charge in [-0.05, 0) is 37.8 Å². The van der Waals surface area contributed by atoms with E-state index in [2.05, 4.69) is 0 Å². The van der Waals surface area contributed by atoms with Crippen LogP contribution in [0.4, 0.5) is 10.1 Å². The van der Waals surface area contributed by atoms with Crippen molar-refractivity contribution >= 4 is 5.69 Å². The van der Waals surface area contributed by atoms with Gasteiger partial charge in [-0.25, -0.2) is 4.39 Å². The number of nitrogens with zero attached hydrogens (tertiary/aromatic N) is 1. The molecule has 1 saturated carbocycles. The minimum absolute atomic E-state index is 0.324. The van der Waals surface area contributed by atoms with Crippen LogP contribution in [0.1, 0.15) is 31.4 Å². The van der Waals surface area contributed by atoms with E-state index in [9.17, 15) is 9.50 Å². The van der Waals surface area contributed by atoms with Crippen LogP contribution in [0.2, 0.25) is 0 Å². The minimum Gasteiger partial charge on any atom is -0.389 e. The molecule has 2 nitrogen and oxygen atoms in total. The van der Waals surface area contributed by atoms with Crippen molar-refractivity contribution in [2.24, 2.45) is 5.92 Å². The van der Waals surface area contributed by atoms with E-state index in [4.69, 9.17) is 0 Å². The van der Waals surface area contributed by atoms with Gasteiger partial charge in [0.15, 0.2) is 0 Å². The third-order valence-corrected chi connectivity index (χ3v) is 3.09. The van der Waals surface area contributed by atoms with E-state index in [0.29, 0.717) is 5.56 Å². The standard InChI is InChI=1S/C13H18FNO/c1-9(16)13-11(14)4-3-5-12(13)15(2)8-10-6-7-10/h3-5,9-10,16H,6-8H2,1-2H3. The number of hydrogen-bond donors (Lipinski definition) is 1. The van der Waals surface area contributed by atoms with Crippen molar-refractivity contribution in [3.8, 4) is 0 Å². The normalized spacial score (nSPS) is 17.2. The van der Waals surface area contributed by atoms with Gasteiger partial charge in [-0.15, -0.1) is 0 Å². The molecule has 0 bridgehead atoms. The molecule has 1 aliphatic carbocycles. The molecule has 1 atom stereocenters. The zero-order valence-electron chi connectivity index (χ0n) is 9.78. The molecule has 1 aromatic rings. The van der Waals surface area contributed by atoms with Gasteiger partial charge in [-0.2, -0.15) is 0 Å². The molecule has 1 N–H and O–H groups in total. The number of aliphatic hydroxyl groups excluding tert-OH is 1. The predicted molar refractivity (Wildman–Crippen MR) is 63.0 cm³/mol. The molecule has 88 valence electrons. The smallest absolute Gasteiger partial charge is 0.131 e. The fourth-order valence-electron chi connectivity index (χ4n) is 2.06. The molecule has 1 unspecified atom stereocenters. The van der Waals surface area contributed by atoms with Gasteiger partial charge in [0.05, 0.1) is 6.10 Å². The van der Waals surface area contributed by atoms with Crippen LogP contribution in [0, 0.1) is 11.7 Å². The number of rotatable bonds is 4. The second kappa shape index (κ2) is 4.42. The second-order valence-corrected chi connectivity index (χ2v) is 4.67. The van der Waals surface area contributed by atoms with Gasteiger partial charge in [-0.3, -0.25) is 0 Å². The average Bonchev–Trinajstić information content (AvgIpc) is 3.00. The maximum atomic E-state index is 13.6. The summed E-state index contributed by atoms with van der Waals surface area (Å²) in [6, 6.07) is 4.96. The lowest BCUT2D eigenvalue weighted by Gasteiger charge is -2.23. The summed E-state index contributed by atoms with van der Waals surface area (Å²) in [5.41, 5.74) is 1.22. The van der Waals surface area contributed by atoms with E-state index in [1.165, 1.54) is 18.9 Å². The van der Waals surface area contributed by atoms with Crippen molar-refractivity contribution < 1.29 is 9.50 Å². The van der Waals surface area contributed by atoms with Gasteiger partial charge in [0.2, 0.25) is 0 Å². The molecular weight excluding hydrogens is 205 g/mol. The van der Waals surface area contributed by atoms with Crippen LogP contribution in [-0.4, -0.2) is 18.7 Å². The lowest BCUT2D eigenvalue weighted by molar-refractivity contribution is 0.194. The first-order valence-electron chi connectivity index (χ1n) is 5.77. The van der Waals surface area contributed by atoms with Crippen LogP contribution < -0.4 is 4.90 Å². The Morgan fingerprint density at radius 1 is 1.50 bits per heavy atom. The molecule has 0 saturated heterocycles. The molecular formula is C13H18FNO. The van der Waals surface area contributed by atoms with Crippen molar-refractivity contribution in [2.45, 2.75) is 25.9 Å². The first-order valence-corrected chi connectivity index (χ1v) is 5.77. The Kier molecular flexibility index (Phi) is 3.15. The Labute approximate surface area is 95.7 Å². The van der Waals surface area contributed by atoms with E-state index >= 15 is 0 Å². The fourth-order valence-corrected chi connectivity index (χ4v) is 2.06. The third-order valence-electron chi connectivity index (χ3n) is 3.09. The summed E-state index contributed by atoms with van der Waals surface area (Å²) < 4.78 is 13.6. The van der Waals surface area contributed by atoms with E-state index < -0.39 is 6.10 Å². The molecule has 0 radical (unpaired) electrons. The van der Waals surface area contributed by atoms with Gasteiger partial charge in [-0.1, -0.05) is 6.07 Å². The van der Waals surface area contributed by atoms with Gasteiger partial charge in [0, 0.05) is 24.8 Å². The van der Waals surface area contributed by atoms with E-state index in [1.54, 1.807) is 13.0 Å². The van der Waals surface area contributed by atoms with Crippen molar-refractivity contribution in [1.82, 2.24) is 0 Å². The third kappa shape index (κ3) is 2.35. The minimum atomic E-state index is -0.766. The summed E-state index contributed by atoms with van der Waals surface area (Å²) in [4.78, 5) is 2.04. The topological polar surface area (TPSA) is 23.5 Å². The van der Waals surface area contributed by atoms with Crippen LogP contribution in [0.25, 0.3) is 0 Å². The molecule has 0 spiro atoms. The summed E-state index contributed by atoms with van der Waals surface area (Å²) in [5.74, 6) is 0.422. The summed E-state index contributed by atoms with van der Waals surface area (Å²) in [6.45, 7) is 2.55. The van der Waals surface area contributed by atoms with E-state index in [0.717, 1.165) is 18.2 Å². The SMILES string of the molecule is CC(O)c1c(F)cccc1N(C)CC1CC1. The Morgan fingerprint density at radius 2 is 2.19 bits per heavy atom. The summed E-state index contributed by atoms with van der Waals surface area (Å²) in [6.07, 6.45) is 1.77. The quantitative estimate of drug-likeness (QED) is 0.848. The molecule has 16 heavy (non-hydrogen) atoms. The van der Waals surface area contributed by atoms with Crippen LogP contribution in [0.3, 0.4) is 0 Å². The number of hydrogen-bond acceptors (Lipinski definition) is 2. The Bertz CT molecular complexity index is 374. The number of benzene rings is 1. The first kappa shape index (κ1) is 11.4.